The zero-order chi connectivity index (χ0) is 7.82. The molecule has 0 aromatic carbocycles. The molecule has 1 N–H and O–H groups in total. The van der Waals surface area contributed by atoms with Gasteiger partial charge in [0, 0.05) is 6.42 Å². The third kappa shape index (κ3) is 4.18. The van der Waals surface area contributed by atoms with E-state index in [0.717, 1.165) is 12.8 Å². The molecule has 0 spiro atoms. The molecule has 0 saturated heterocycles. The van der Waals surface area contributed by atoms with E-state index in [1.54, 1.807) is 0 Å². The molecule has 0 aromatic rings. The molecule has 0 saturated carbocycles. The van der Waals surface area contributed by atoms with E-state index in [9.17, 15) is 0 Å². The monoisotopic (exact) mass is 145 g/mol. The maximum Gasteiger partial charge on any atom is 0.225 e. The van der Waals surface area contributed by atoms with Gasteiger partial charge in [0.2, 0.25) is 5.90 Å². The molecule has 0 aliphatic heterocycles. The maximum absolute atomic E-state index is 8.29. The quantitative estimate of drug-likeness (QED) is 0.216. The third-order valence-corrected chi connectivity index (χ3v) is 1.18. The summed E-state index contributed by atoms with van der Waals surface area (Å²) >= 11 is 0. The van der Waals surface area contributed by atoms with Gasteiger partial charge in [-0.15, -0.1) is 0 Å². The zero-order valence-corrected chi connectivity index (χ0v) is 6.63. The first kappa shape index (κ1) is 9.27. The average Bonchev–Trinajstić information content (AvgIpc) is 1.99. The Morgan fingerprint density at radius 3 is 2.60 bits per heavy atom. The Morgan fingerprint density at radius 1 is 1.50 bits per heavy atom. The minimum Gasteiger partial charge on any atom is -0.479 e. The lowest BCUT2D eigenvalue weighted by molar-refractivity contribution is 0.245. The predicted molar refractivity (Wildman–Crippen MR) is 40.4 cm³/mol. The van der Waals surface area contributed by atoms with E-state index >= 15 is 0 Å². The lowest BCUT2D eigenvalue weighted by atomic mass is 10.4. The van der Waals surface area contributed by atoms with E-state index < -0.39 is 0 Å². The van der Waals surface area contributed by atoms with Crippen LogP contribution in [0.2, 0.25) is 0 Å². The van der Waals surface area contributed by atoms with Crippen LogP contribution >= 0.6 is 0 Å². The Balaban J connectivity index is 3.27. The van der Waals surface area contributed by atoms with Crippen molar-refractivity contribution in [1.29, 1.82) is 0 Å². The fraction of sp³-hybridized carbons (Fsp3) is 0.857. The lowest BCUT2D eigenvalue weighted by Gasteiger charge is -2.02. The van der Waals surface area contributed by atoms with Crippen molar-refractivity contribution in [2.45, 2.75) is 33.1 Å². The van der Waals surface area contributed by atoms with Crippen LogP contribution in [0.5, 0.6) is 0 Å². The average molecular weight is 145 g/mol. The predicted octanol–water partition coefficient (Wildman–Crippen LogP) is 2.00. The standard InChI is InChI=1S/C7H15NO2/c1-3-5-6-10-7(4-2)8-9/h9H,3-6H2,1-2H3. The van der Waals surface area contributed by atoms with Gasteiger partial charge < -0.3 is 9.94 Å². The van der Waals surface area contributed by atoms with E-state index in [-0.39, 0.29) is 0 Å². The number of hydrogen-bond donors (Lipinski definition) is 1. The molecule has 0 fully saturated rings. The summed E-state index contributed by atoms with van der Waals surface area (Å²) in [6.45, 7) is 4.63. The normalized spacial score (nSPS) is 11.6. The summed E-state index contributed by atoms with van der Waals surface area (Å²) in [5.41, 5.74) is 0. The molecule has 0 heterocycles. The van der Waals surface area contributed by atoms with Gasteiger partial charge in [-0.05, 0) is 6.42 Å². The molecular weight excluding hydrogens is 130 g/mol. The van der Waals surface area contributed by atoms with Crippen LogP contribution in [0.4, 0.5) is 0 Å². The third-order valence-electron chi connectivity index (χ3n) is 1.18. The van der Waals surface area contributed by atoms with E-state index in [1.165, 1.54) is 0 Å². The van der Waals surface area contributed by atoms with Crippen LogP contribution in [0, 0.1) is 0 Å². The number of oxime groups is 1. The first-order chi connectivity index (χ1) is 4.85. The molecule has 10 heavy (non-hydrogen) atoms. The van der Waals surface area contributed by atoms with Crippen LogP contribution in [-0.2, 0) is 4.74 Å². The molecule has 0 bridgehead atoms. The van der Waals surface area contributed by atoms with E-state index in [1.807, 2.05) is 6.92 Å². The molecule has 0 aliphatic carbocycles. The number of hydrogen-bond acceptors (Lipinski definition) is 3. The van der Waals surface area contributed by atoms with Gasteiger partial charge >= 0.3 is 0 Å². The topological polar surface area (TPSA) is 41.8 Å². The molecule has 3 heteroatoms. The highest BCUT2D eigenvalue weighted by atomic mass is 16.5. The van der Waals surface area contributed by atoms with Crippen LogP contribution in [0.15, 0.2) is 5.16 Å². The van der Waals surface area contributed by atoms with Crippen molar-refractivity contribution in [2.24, 2.45) is 5.16 Å². The van der Waals surface area contributed by atoms with Crippen LogP contribution in [0.3, 0.4) is 0 Å². The highest BCUT2D eigenvalue weighted by molar-refractivity contribution is 5.74. The number of nitrogens with zero attached hydrogens (tertiary/aromatic N) is 1. The lowest BCUT2D eigenvalue weighted by Crippen LogP contribution is -2.04. The Labute approximate surface area is 61.7 Å². The molecule has 3 nitrogen and oxygen atoms in total. The SMILES string of the molecule is CCCCOC(CC)=NO. The molecule has 0 radical (unpaired) electrons. The van der Waals surface area contributed by atoms with Gasteiger partial charge in [0.1, 0.15) is 0 Å². The first-order valence-corrected chi connectivity index (χ1v) is 3.68. The Hall–Kier alpha value is -0.730. The summed E-state index contributed by atoms with van der Waals surface area (Å²) in [6.07, 6.45) is 2.77. The molecule has 0 aromatic heterocycles. The molecule has 60 valence electrons. The van der Waals surface area contributed by atoms with Crippen molar-refractivity contribution in [3.63, 3.8) is 0 Å². The van der Waals surface area contributed by atoms with Crippen LogP contribution in [-0.4, -0.2) is 17.7 Å². The van der Waals surface area contributed by atoms with Crippen molar-refractivity contribution in [3.05, 3.63) is 0 Å². The van der Waals surface area contributed by atoms with Gasteiger partial charge in [0.15, 0.2) is 0 Å². The van der Waals surface area contributed by atoms with Gasteiger partial charge in [-0.3, -0.25) is 0 Å². The van der Waals surface area contributed by atoms with Crippen molar-refractivity contribution >= 4 is 5.90 Å². The number of unbranched alkanes of at least 4 members (excludes halogenated alkanes) is 1. The summed E-state index contributed by atoms with van der Waals surface area (Å²) in [7, 11) is 0. The minimum absolute atomic E-state index is 0.424. The molecule has 0 unspecified atom stereocenters. The molecule has 0 rings (SSSR count). The zero-order valence-electron chi connectivity index (χ0n) is 6.63. The van der Waals surface area contributed by atoms with Crippen molar-refractivity contribution < 1.29 is 9.94 Å². The van der Waals surface area contributed by atoms with Crippen molar-refractivity contribution in [2.75, 3.05) is 6.61 Å². The molecule has 0 atom stereocenters. The highest BCUT2D eigenvalue weighted by Gasteiger charge is 1.94. The van der Waals surface area contributed by atoms with Crippen molar-refractivity contribution in [1.82, 2.24) is 0 Å². The van der Waals surface area contributed by atoms with Gasteiger partial charge in [0.25, 0.3) is 0 Å². The Kier molecular flexibility index (Phi) is 5.92. The molecule has 0 amide bonds. The number of rotatable bonds is 4. The van der Waals surface area contributed by atoms with E-state index in [0.29, 0.717) is 18.9 Å². The summed E-state index contributed by atoms with van der Waals surface area (Å²) in [4.78, 5) is 0. The fourth-order valence-electron chi connectivity index (χ4n) is 0.536. The second kappa shape index (κ2) is 6.39. The highest BCUT2D eigenvalue weighted by Crippen LogP contribution is 1.92. The second-order valence-electron chi connectivity index (χ2n) is 2.05. The second-order valence-corrected chi connectivity index (χ2v) is 2.05. The summed E-state index contributed by atoms with van der Waals surface area (Å²) in [5.74, 6) is 0.424. The largest absolute Gasteiger partial charge is 0.479 e. The Bertz CT molecular complexity index is 102. The summed E-state index contributed by atoms with van der Waals surface area (Å²) in [5, 5.41) is 11.3. The van der Waals surface area contributed by atoms with Crippen LogP contribution in [0.1, 0.15) is 33.1 Å². The number of ether oxygens (including phenoxy) is 1. The molecular formula is C7H15NO2. The maximum atomic E-state index is 8.29. The van der Waals surface area contributed by atoms with Crippen LogP contribution in [0.25, 0.3) is 0 Å². The summed E-state index contributed by atoms with van der Waals surface area (Å²) in [6, 6.07) is 0. The molecule has 0 aliphatic rings. The van der Waals surface area contributed by atoms with Gasteiger partial charge in [-0.25, -0.2) is 0 Å². The van der Waals surface area contributed by atoms with Crippen molar-refractivity contribution in [3.8, 4) is 0 Å². The van der Waals surface area contributed by atoms with Gasteiger partial charge in [-0.1, -0.05) is 25.4 Å². The smallest absolute Gasteiger partial charge is 0.225 e. The van der Waals surface area contributed by atoms with E-state index in [2.05, 4.69) is 12.1 Å². The minimum atomic E-state index is 0.424. The van der Waals surface area contributed by atoms with Gasteiger partial charge in [-0.2, -0.15) is 0 Å². The van der Waals surface area contributed by atoms with Crippen LogP contribution < -0.4 is 0 Å². The Morgan fingerprint density at radius 2 is 2.20 bits per heavy atom. The van der Waals surface area contributed by atoms with Gasteiger partial charge in [0.05, 0.1) is 6.61 Å². The first-order valence-electron chi connectivity index (χ1n) is 3.68. The fourth-order valence-corrected chi connectivity index (χ4v) is 0.536. The van der Waals surface area contributed by atoms with E-state index in [4.69, 9.17) is 9.94 Å². The summed E-state index contributed by atoms with van der Waals surface area (Å²) < 4.78 is 5.08.